The first kappa shape index (κ1) is 22.4. The molecule has 1 N–H and O–H groups in total. The van der Waals surface area contributed by atoms with Gasteiger partial charge in [0.15, 0.2) is 10.8 Å². The minimum atomic E-state index is -0.826. The highest BCUT2D eigenvalue weighted by molar-refractivity contribution is 7.13. The van der Waals surface area contributed by atoms with Crippen molar-refractivity contribution < 1.29 is 28.2 Å². The van der Waals surface area contributed by atoms with Gasteiger partial charge in [-0.25, -0.2) is 9.78 Å². The Morgan fingerprint density at radius 2 is 1.87 bits per heavy atom. The number of amides is 1. The van der Waals surface area contributed by atoms with Crippen molar-refractivity contribution >= 4 is 23.2 Å². The molecular weight excluding hydrogens is 420 g/mol. The highest BCUT2D eigenvalue weighted by atomic mass is 32.1. The molecule has 2 heterocycles. The summed E-state index contributed by atoms with van der Waals surface area (Å²) in [6.45, 7) is 3.66. The van der Waals surface area contributed by atoms with Crippen LogP contribution in [0.2, 0.25) is 0 Å². The summed E-state index contributed by atoms with van der Waals surface area (Å²) in [5.74, 6) is 0.460. The number of carbonyl (C=O) groups excluding carboxylic acids is 2. The lowest BCUT2D eigenvalue weighted by molar-refractivity contribution is -0.148. The molecule has 8 nitrogen and oxygen atoms in total. The predicted molar refractivity (Wildman–Crippen MR) is 115 cm³/mol. The van der Waals surface area contributed by atoms with Crippen molar-refractivity contribution in [3.63, 3.8) is 0 Å². The van der Waals surface area contributed by atoms with E-state index in [4.69, 9.17) is 18.6 Å². The average Bonchev–Trinajstić information content (AvgIpc) is 3.46. The van der Waals surface area contributed by atoms with Crippen LogP contribution in [0.5, 0.6) is 11.5 Å². The summed E-state index contributed by atoms with van der Waals surface area (Å²) in [5.41, 5.74) is 0.924. The number of esters is 1. The maximum atomic E-state index is 12.8. The molecule has 9 heteroatoms. The Hall–Kier alpha value is -3.33. The number of aromatic nitrogens is 1. The fourth-order valence-electron chi connectivity index (χ4n) is 2.78. The second-order valence-corrected chi connectivity index (χ2v) is 7.88. The van der Waals surface area contributed by atoms with Gasteiger partial charge in [0, 0.05) is 17.0 Å². The highest BCUT2D eigenvalue weighted by Gasteiger charge is 2.27. The smallest absolute Gasteiger partial charge is 0.329 e. The summed E-state index contributed by atoms with van der Waals surface area (Å²) in [5, 5.41) is 5.25. The molecular formula is C22H24N2O6S. The van der Waals surface area contributed by atoms with Crippen LogP contribution in [0.3, 0.4) is 0 Å². The Labute approximate surface area is 184 Å². The highest BCUT2D eigenvalue weighted by Crippen LogP contribution is 2.25. The van der Waals surface area contributed by atoms with Crippen molar-refractivity contribution in [1.29, 1.82) is 0 Å². The lowest BCUT2D eigenvalue weighted by Gasteiger charge is -2.21. The second kappa shape index (κ2) is 10.1. The molecule has 1 amide bonds. The molecule has 3 aromatic rings. The molecule has 2 aromatic heterocycles. The minimum absolute atomic E-state index is 0.00210. The van der Waals surface area contributed by atoms with Gasteiger partial charge in [0.1, 0.15) is 24.1 Å². The Morgan fingerprint density at radius 3 is 2.45 bits per heavy atom. The summed E-state index contributed by atoms with van der Waals surface area (Å²) in [4.78, 5) is 29.8. The quantitative estimate of drug-likeness (QED) is 0.499. The van der Waals surface area contributed by atoms with E-state index >= 15 is 0 Å². The minimum Gasteiger partial charge on any atom is -0.497 e. The Kier molecular flexibility index (Phi) is 7.30. The molecule has 0 spiro atoms. The van der Waals surface area contributed by atoms with Crippen LogP contribution in [0.4, 0.5) is 0 Å². The maximum absolute atomic E-state index is 12.8. The molecule has 3 rings (SSSR count). The van der Waals surface area contributed by atoms with E-state index in [0.717, 1.165) is 0 Å². The molecule has 0 aliphatic carbocycles. The standard InChI is InChI=1S/C22H24N2O6S/c1-13(2)19(24-20(25)14-8-16(27-3)10-17(9-14)28-4)22(26)30-11-15-12-31-21(23-15)18-6-5-7-29-18/h5-10,12-13,19H,11H2,1-4H3,(H,24,25)/t19-/m0/s1. The fourth-order valence-corrected chi connectivity index (χ4v) is 3.55. The van der Waals surface area contributed by atoms with Crippen molar-refractivity contribution in [1.82, 2.24) is 10.3 Å². The van der Waals surface area contributed by atoms with Crippen LogP contribution in [0.25, 0.3) is 10.8 Å². The zero-order valence-electron chi connectivity index (χ0n) is 17.7. The third-order valence-corrected chi connectivity index (χ3v) is 5.37. The average molecular weight is 445 g/mol. The molecule has 1 aromatic carbocycles. The summed E-state index contributed by atoms with van der Waals surface area (Å²) >= 11 is 1.40. The number of hydrogen-bond acceptors (Lipinski definition) is 8. The van der Waals surface area contributed by atoms with Crippen LogP contribution in [0.15, 0.2) is 46.4 Å². The second-order valence-electron chi connectivity index (χ2n) is 7.03. The van der Waals surface area contributed by atoms with Gasteiger partial charge in [-0.05, 0) is 30.2 Å². The zero-order valence-corrected chi connectivity index (χ0v) is 18.5. The number of ether oxygens (including phenoxy) is 3. The molecule has 0 saturated carbocycles. The van der Waals surface area contributed by atoms with Gasteiger partial charge in [0.2, 0.25) is 0 Å². The van der Waals surface area contributed by atoms with Gasteiger partial charge in [-0.3, -0.25) is 4.79 Å². The largest absolute Gasteiger partial charge is 0.497 e. The molecule has 1 atom stereocenters. The number of nitrogens with zero attached hydrogens (tertiary/aromatic N) is 1. The molecule has 0 bridgehead atoms. The Bertz CT molecular complexity index is 1010. The van der Waals surface area contributed by atoms with E-state index in [0.29, 0.717) is 33.5 Å². The van der Waals surface area contributed by atoms with Gasteiger partial charge in [-0.15, -0.1) is 11.3 Å². The van der Waals surface area contributed by atoms with Crippen LogP contribution in [0, 0.1) is 5.92 Å². The topological polar surface area (TPSA) is 99.9 Å². The van der Waals surface area contributed by atoms with Gasteiger partial charge in [0.05, 0.1) is 26.2 Å². The summed E-state index contributed by atoms with van der Waals surface area (Å²) in [6, 6.07) is 7.58. The molecule has 164 valence electrons. The van der Waals surface area contributed by atoms with Crippen LogP contribution < -0.4 is 14.8 Å². The Balaban J connectivity index is 1.65. The van der Waals surface area contributed by atoms with E-state index in [1.54, 1.807) is 35.9 Å². The number of benzene rings is 1. The predicted octanol–water partition coefficient (Wildman–Crippen LogP) is 3.92. The van der Waals surface area contributed by atoms with E-state index in [1.807, 2.05) is 19.9 Å². The SMILES string of the molecule is COc1cc(OC)cc(C(=O)N[C@H](C(=O)OCc2csc(-c3ccco3)n2)C(C)C)c1. The first-order valence-electron chi connectivity index (χ1n) is 9.60. The van der Waals surface area contributed by atoms with Crippen LogP contribution in [0.1, 0.15) is 29.9 Å². The number of carbonyl (C=O) groups is 2. The van der Waals surface area contributed by atoms with E-state index in [2.05, 4.69) is 10.3 Å². The van der Waals surface area contributed by atoms with E-state index < -0.39 is 17.9 Å². The van der Waals surface area contributed by atoms with Crippen molar-refractivity contribution in [2.24, 2.45) is 5.92 Å². The first-order chi connectivity index (χ1) is 14.9. The van der Waals surface area contributed by atoms with Gasteiger partial charge in [-0.1, -0.05) is 13.8 Å². The van der Waals surface area contributed by atoms with Gasteiger partial charge in [0.25, 0.3) is 5.91 Å². The van der Waals surface area contributed by atoms with E-state index in [1.165, 1.54) is 25.6 Å². The van der Waals surface area contributed by atoms with Crippen molar-refractivity contribution in [2.45, 2.75) is 26.5 Å². The number of rotatable bonds is 9. The van der Waals surface area contributed by atoms with E-state index in [9.17, 15) is 9.59 Å². The normalized spacial score (nSPS) is 11.8. The molecule has 0 saturated heterocycles. The van der Waals surface area contributed by atoms with Crippen LogP contribution in [-0.2, 0) is 16.1 Å². The number of methoxy groups -OCH3 is 2. The lowest BCUT2D eigenvalue weighted by atomic mass is 10.0. The zero-order chi connectivity index (χ0) is 22.4. The van der Waals surface area contributed by atoms with Crippen molar-refractivity contribution in [3.8, 4) is 22.3 Å². The Morgan fingerprint density at radius 1 is 1.16 bits per heavy atom. The molecule has 0 fully saturated rings. The van der Waals surface area contributed by atoms with Gasteiger partial charge in [-0.2, -0.15) is 0 Å². The van der Waals surface area contributed by atoms with E-state index in [-0.39, 0.29) is 12.5 Å². The molecule has 31 heavy (non-hydrogen) atoms. The van der Waals surface area contributed by atoms with Gasteiger partial charge >= 0.3 is 5.97 Å². The molecule has 0 aliphatic rings. The number of hydrogen-bond donors (Lipinski definition) is 1. The molecule has 0 unspecified atom stereocenters. The monoisotopic (exact) mass is 444 g/mol. The third-order valence-electron chi connectivity index (χ3n) is 4.47. The first-order valence-corrected chi connectivity index (χ1v) is 10.5. The lowest BCUT2D eigenvalue weighted by Crippen LogP contribution is -2.45. The van der Waals surface area contributed by atoms with Gasteiger partial charge < -0.3 is 23.9 Å². The van der Waals surface area contributed by atoms with Crippen LogP contribution in [-0.4, -0.2) is 37.1 Å². The number of nitrogens with one attached hydrogen (secondary N) is 1. The van der Waals surface area contributed by atoms with Crippen LogP contribution >= 0.6 is 11.3 Å². The summed E-state index contributed by atoms with van der Waals surface area (Å²) in [7, 11) is 3.00. The number of furan rings is 1. The number of thiazole rings is 1. The maximum Gasteiger partial charge on any atom is 0.329 e. The molecule has 0 aliphatic heterocycles. The van der Waals surface area contributed by atoms with Crippen molar-refractivity contribution in [3.05, 3.63) is 53.2 Å². The van der Waals surface area contributed by atoms with Crippen molar-refractivity contribution in [2.75, 3.05) is 14.2 Å². The fraction of sp³-hybridized carbons (Fsp3) is 0.318. The molecule has 0 radical (unpaired) electrons. The summed E-state index contributed by atoms with van der Waals surface area (Å²) < 4.78 is 21.1. The third kappa shape index (κ3) is 5.64. The summed E-state index contributed by atoms with van der Waals surface area (Å²) in [6.07, 6.45) is 1.57.